The lowest BCUT2D eigenvalue weighted by atomic mass is 9.93. The number of carbonyl (C=O) groups is 1. The topological polar surface area (TPSA) is 164 Å². The number of amides is 1. The predicted molar refractivity (Wildman–Crippen MR) is 165 cm³/mol. The van der Waals surface area contributed by atoms with Crippen LogP contribution in [0, 0.1) is 13.8 Å². The van der Waals surface area contributed by atoms with Crippen LogP contribution in [0.15, 0.2) is 55.6 Å². The van der Waals surface area contributed by atoms with E-state index in [-0.39, 0.29) is 5.91 Å². The highest BCUT2D eigenvalue weighted by Gasteiger charge is 2.25. The van der Waals surface area contributed by atoms with Gasteiger partial charge in [-0.25, -0.2) is 0 Å². The molecule has 0 bridgehead atoms. The fourth-order valence-corrected chi connectivity index (χ4v) is 6.12. The van der Waals surface area contributed by atoms with Gasteiger partial charge in [-0.3, -0.25) is 24.0 Å². The fraction of sp³-hybridized carbons (Fsp3) is 0.258. The van der Waals surface area contributed by atoms with Gasteiger partial charge < -0.3 is 30.2 Å². The van der Waals surface area contributed by atoms with E-state index in [1.54, 1.807) is 29.2 Å². The molecule has 0 atom stereocenters. The number of H-pyrrole nitrogens is 4. The van der Waals surface area contributed by atoms with Gasteiger partial charge in [-0.05, 0) is 97.4 Å². The van der Waals surface area contributed by atoms with Gasteiger partial charge in [0.05, 0.1) is 22.1 Å². The third kappa shape index (κ3) is 5.33. The van der Waals surface area contributed by atoms with Crippen LogP contribution in [0.4, 0.5) is 0 Å². The van der Waals surface area contributed by atoms with E-state index in [0.29, 0.717) is 46.6 Å². The molecule has 12 heteroatoms. The number of hydrogen-bond donors (Lipinski definition) is 5. The predicted octanol–water partition coefficient (Wildman–Crippen LogP) is 2.55. The minimum Gasteiger partial charge on any atom is -0.334 e. The molecule has 0 spiro atoms. The van der Waals surface area contributed by atoms with Crippen molar-refractivity contribution >= 4 is 39.6 Å². The lowest BCUT2D eigenvalue weighted by Gasteiger charge is -2.30. The quantitative estimate of drug-likeness (QED) is 0.186. The van der Waals surface area contributed by atoms with Crippen LogP contribution in [0.25, 0.3) is 22.1 Å². The molecular formula is C31H29ClN6O5. The molecule has 0 saturated heterocycles. The maximum absolute atomic E-state index is 12.8. The van der Waals surface area contributed by atoms with Gasteiger partial charge in [-0.15, -0.1) is 0 Å². The molecule has 0 unspecified atom stereocenters. The Balaban J connectivity index is 0.000000167. The van der Waals surface area contributed by atoms with Crippen LogP contribution in [0.3, 0.4) is 0 Å². The molecule has 43 heavy (non-hydrogen) atoms. The van der Waals surface area contributed by atoms with E-state index in [1.807, 2.05) is 26.0 Å². The highest BCUT2D eigenvalue weighted by atomic mass is 35.5. The molecule has 0 fully saturated rings. The van der Waals surface area contributed by atoms with E-state index in [0.717, 1.165) is 52.8 Å². The number of nitrogens with one attached hydrogen (secondary N) is 5. The molecule has 0 aliphatic carbocycles. The van der Waals surface area contributed by atoms with Crippen molar-refractivity contribution in [1.82, 2.24) is 30.2 Å². The maximum atomic E-state index is 12.8. The summed E-state index contributed by atoms with van der Waals surface area (Å²) in [4.78, 5) is 71.2. The Morgan fingerprint density at radius 3 is 1.86 bits per heavy atom. The van der Waals surface area contributed by atoms with Crippen LogP contribution in [-0.4, -0.2) is 43.8 Å². The van der Waals surface area contributed by atoms with Gasteiger partial charge in [0, 0.05) is 35.8 Å². The first-order chi connectivity index (χ1) is 20.6. The molecule has 7 rings (SSSR count). The summed E-state index contributed by atoms with van der Waals surface area (Å²) in [5.41, 5.74) is 7.19. The normalized spacial score (nSPS) is 14.2. The minimum atomic E-state index is -0.690. The second kappa shape index (κ2) is 11.2. The zero-order valence-electron chi connectivity index (χ0n) is 23.6. The summed E-state index contributed by atoms with van der Waals surface area (Å²) in [6, 6.07) is 10.6. The Morgan fingerprint density at radius 2 is 1.26 bits per heavy atom. The van der Waals surface area contributed by atoms with Crippen LogP contribution in [-0.2, 0) is 25.9 Å². The first-order valence-electron chi connectivity index (χ1n) is 13.9. The van der Waals surface area contributed by atoms with E-state index in [4.69, 9.17) is 11.6 Å². The molecular weight excluding hydrogens is 572 g/mol. The molecule has 220 valence electrons. The Labute approximate surface area is 248 Å². The molecule has 5 N–H and O–H groups in total. The summed E-state index contributed by atoms with van der Waals surface area (Å²) >= 11 is 5.89. The van der Waals surface area contributed by atoms with Crippen molar-refractivity contribution in [3.8, 4) is 0 Å². The Hall–Kier alpha value is -4.74. The summed E-state index contributed by atoms with van der Waals surface area (Å²) in [7, 11) is 0. The number of benzene rings is 3. The Morgan fingerprint density at radius 1 is 0.721 bits per heavy atom. The van der Waals surface area contributed by atoms with Crippen molar-refractivity contribution in [2.45, 2.75) is 39.8 Å². The van der Waals surface area contributed by atoms with Crippen LogP contribution in [0.5, 0.6) is 0 Å². The second-order valence-electron chi connectivity index (χ2n) is 10.9. The lowest BCUT2D eigenvalue weighted by molar-refractivity contribution is 0.0735. The first kappa shape index (κ1) is 28.4. The van der Waals surface area contributed by atoms with E-state index in [2.05, 4.69) is 25.3 Å². The van der Waals surface area contributed by atoms with Crippen LogP contribution in [0.2, 0.25) is 5.02 Å². The number of hydrogen-bond acceptors (Lipinski definition) is 6. The number of nitrogens with zero attached hydrogens (tertiary/aromatic N) is 1. The van der Waals surface area contributed by atoms with Crippen molar-refractivity contribution in [2.75, 3.05) is 13.1 Å². The highest BCUT2D eigenvalue weighted by molar-refractivity contribution is 6.30. The largest absolute Gasteiger partial charge is 0.334 e. The van der Waals surface area contributed by atoms with Crippen LogP contribution < -0.4 is 27.6 Å². The fourth-order valence-electron chi connectivity index (χ4n) is 5.99. The van der Waals surface area contributed by atoms with Crippen molar-refractivity contribution in [1.29, 1.82) is 0 Å². The number of halogens is 1. The van der Waals surface area contributed by atoms with Gasteiger partial charge in [0.1, 0.15) is 0 Å². The number of carbonyl (C=O) groups excluding carboxylic acids is 1. The molecule has 4 heterocycles. The molecule has 0 saturated carbocycles. The van der Waals surface area contributed by atoms with Crippen molar-refractivity contribution in [3.63, 3.8) is 0 Å². The summed E-state index contributed by atoms with van der Waals surface area (Å²) in [6.07, 6.45) is 1.65. The number of aryl methyl sites for hydroxylation is 2. The van der Waals surface area contributed by atoms with Crippen molar-refractivity contribution in [2.24, 2.45) is 0 Å². The summed E-state index contributed by atoms with van der Waals surface area (Å²) in [5, 5.41) is 3.86. The molecule has 2 aliphatic heterocycles. The van der Waals surface area contributed by atoms with Gasteiger partial charge in [-0.2, -0.15) is 0 Å². The molecule has 0 radical (unpaired) electrons. The average molecular weight is 601 g/mol. The number of aromatic nitrogens is 4. The summed E-state index contributed by atoms with van der Waals surface area (Å²) < 4.78 is 0. The Kier molecular flexibility index (Phi) is 7.37. The number of fused-ring (bicyclic) bond motifs is 6. The minimum absolute atomic E-state index is 0.0891. The van der Waals surface area contributed by atoms with E-state index < -0.39 is 22.2 Å². The number of aromatic amines is 4. The number of rotatable bonds is 1. The SMILES string of the molecule is Cc1cc2[nH]c(=O)c(=O)[nH]c2c2c1CCN(C(=O)c1ccc(Cl)cc1)C2.Cc1cc2[nH]c(=O)c(=O)[nH]c2c2c1CCNC2. The van der Waals surface area contributed by atoms with Crippen LogP contribution in [0.1, 0.15) is 43.7 Å². The van der Waals surface area contributed by atoms with Gasteiger partial charge >= 0.3 is 22.2 Å². The van der Waals surface area contributed by atoms with E-state index in [1.165, 1.54) is 5.56 Å². The zero-order valence-corrected chi connectivity index (χ0v) is 24.3. The third-order valence-corrected chi connectivity index (χ3v) is 8.40. The monoisotopic (exact) mass is 600 g/mol. The maximum Gasteiger partial charge on any atom is 0.314 e. The first-order valence-corrected chi connectivity index (χ1v) is 14.3. The third-order valence-electron chi connectivity index (χ3n) is 8.14. The smallest absolute Gasteiger partial charge is 0.314 e. The van der Waals surface area contributed by atoms with Gasteiger partial charge in [-0.1, -0.05) is 11.6 Å². The standard InChI is InChI=1S/C19H16ClN3O3.C12H13N3O2/c1-10-8-15-16(22-18(25)17(24)21-15)14-9-23(7-6-13(10)14)19(26)11-2-4-12(20)5-3-11;1-6-4-9-10(15-12(17)11(16)14-9)8-5-13-3-2-7(6)8/h2-5,8H,6-7,9H2,1H3,(H,21,24)(H,22,25);4,13H,2-3,5H2,1H3,(H,14,16)(H,15,17). The summed E-state index contributed by atoms with van der Waals surface area (Å²) in [6.45, 7) is 6.65. The summed E-state index contributed by atoms with van der Waals surface area (Å²) in [5.74, 6) is -0.0891. The lowest BCUT2D eigenvalue weighted by Crippen LogP contribution is -2.37. The Bertz CT molecular complexity index is 2160. The molecule has 2 aromatic heterocycles. The highest BCUT2D eigenvalue weighted by Crippen LogP contribution is 2.29. The zero-order chi connectivity index (χ0) is 30.4. The second-order valence-corrected chi connectivity index (χ2v) is 11.3. The van der Waals surface area contributed by atoms with E-state index in [9.17, 15) is 24.0 Å². The average Bonchev–Trinajstić information content (AvgIpc) is 3.00. The van der Waals surface area contributed by atoms with Gasteiger partial charge in [0.25, 0.3) is 5.91 Å². The van der Waals surface area contributed by atoms with Crippen molar-refractivity contribution < 1.29 is 4.79 Å². The molecule has 11 nitrogen and oxygen atoms in total. The van der Waals surface area contributed by atoms with Crippen molar-refractivity contribution in [3.05, 3.63) is 122 Å². The van der Waals surface area contributed by atoms with Gasteiger partial charge in [0.15, 0.2) is 0 Å². The van der Waals surface area contributed by atoms with Gasteiger partial charge in [0.2, 0.25) is 0 Å². The van der Waals surface area contributed by atoms with Crippen LogP contribution >= 0.6 is 11.6 Å². The molecule has 3 aromatic carbocycles. The molecule has 5 aromatic rings. The van der Waals surface area contributed by atoms with E-state index >= 15 is 0 Å². The molecule has 2 aliphatic rings. The molecule has 1 amide bonds.